The molecule has 170 valence electrons. The monoisotopic (exact) mass is 459 g/mol. The van der Waals surface area contributed by atoms with Gasteiger partial charge in [0.15, 0.2) is 17.5 Å². The molecule has 11 heteroatoms. The summed E-state index contributed by atoms with van der Waals surface area (Å²) in [5, 5.41) is 13.9. The maximum atomic E-state index is 15.1. The number of sulfonamides is 1. The molecule has 3 aromatic heterocycles. The number of nitrogens with one attached hydrogen (secondary N) is 3. The Labute approximate surface area is 185 Å². The first kappa shape index (κ1) is 21.1. The highest BCUT2D eigenvalue weighted by atomic mass is 32.2. The number of hydrogen-bond donors (Lipinski definition) is 3. The number of anilines is 3. The van der Waals surface area contributed by atoms with Gasteiger partial charge in [0.1, 0.15) is 11.3 Å². The van der Waals surface area contributed by atoms with Crippen LogP contribution < -0.4 is 10.6 Å². The highest BCUT2D eigenvalue weighted by Crippen LogP contribution is 2.39. The molecule has 3 N–H and O–H groups in total. The molecule has 32 heavy (non-hydrogen) atoms. The van der Waals surface area contributed by atoms with Gasteiger partial charge in [-0.3, -0.25) is 10.1 Å². The lowest BCUT2D eigenvalue weighted by Crippen LogP contribution is -2.50. The van der Waals surface area contributed by atoms with Crippen molar-refractivity contribution in [3.63, 3.8) is 0 Å². The number of aromatic nitrogens is 4. The number of hydrogen-bond acceptors (Lipinski definition) is 7. The van der Waals surface area contributed by atoms with Crippen LogP contribution in [0.5, 0.6) is 0 Å². The highest BCUT2D eigenvalue weighted by Gasteiger charge is 2.46. The molecule has 1 unspecified atom stereocenters. The summed E-state index contributed by atoms with van der Waals surface area (Å²) in [6.07, 6.45) is 4.67. The maximum Gasteiger partial charge on any atom is 0.214 e. The molecule has 2 aliphatic heterocycles. The molecule has 9 nitrogen and oxygen atoms in total. The summed E-state index contributed by atoms with van der Waals surface area (Å²) in [5.41, 5.74) is 1.06. The van der Waals surface area contributed by atoms with Gasteiger partial charge in [-0.05, 0) is 51.7 Å². The molecule has 5 heterocycles. The SMILES string of the molecule is CCS(=O)(=O)N1[C@@H]2CC[C@H]1CC(Nc1nc(Nc3cc(C)[nH]n3)c(F)c3ncccc13)C2. The summed E-state index contributed by atoms with van der Waals surface area (Å²) in [6.45, 7) is 3.55. The smallest absolute Gasteiger partial charge is 0.214 e. The second-order valence-corrected chi connectivity index (χ2v) is 10.7. The molecule has 2 aliphatic rings. The van der Waals surface area contributed by atoms with E-state index in [0.29, 0.717) is 29.9 Å². The zero-order chi connectivity index (χ0) is 22.5. The van der Waals surface area contributed by atoms with Crippen molar-refractivity contribution in [1.82, 2.24) is 24.5 Å². The van der Waals surface area contributed by atoms with Crippen LogP contribution in [0.1, 0.15) is 38.3 Å². The third-order valence-corrected chi connectivity index (χ3v) is 8.32. The third kappa shape index (κ3) is 3.69. The van der Waals surface area contributed by atoms with Crippen molar-refractivity contribution in [1.29, 1.82) is 0 Å². The van der Waals surface area contributed by atoms with Crippen LogP contribution in [0.4, 0.5) is 21.8 Å². The first-order chi connectivity index (χ1) is 15.4. The van der Waals surface area contributed by atoms with Crippen LogP contribution in [0.15, 0.2) is 24.4 Å². The van der Waals surface area contributed by atoms with E-state index in [2.05, 4.69) is 30.8 Å². The Hall–Kier alpha value is -2.79. The van der Waals surface area contributed by atoms with Gasteiger partial charge >= 0.3 is 0 Å². The number of pyridine rings is 2. The molecule has 3 aromatic rings. The first-order valence-corrected chi connectivity index (χ1v) is 12.5. The fourth-order valence-corrected chi connectivity index (χ4v) is 6.54. The predicted molar refractivity (Wildman–Crippen MR) is 121 cm³/mol. The minimum atomic E-state index is -3.22. The number of H-pyrrole nitrogens is 1. The van der Waals surface area contributed by atoms with Crippen molar-refractivity contribution >= 4 is 38.4 Å². The standard InChI is InChI=1S/C21H26FN7O2S/c1-3-32(30,31)29-14-6-7-15(29)11-13(10-14)24-20-16-5-4-8-23-19(16)18(22)21(26-20)25-17-9-12(2)27-28-17/h4-5,8-9,13-15H,3,6-7,10-11H2,1-2H3,(H3,24,25,26,27,28)/t13?,14-,15+. The zero-order valence-corrected chi connectivity index (χ0v) is 18.8. The molecule has 0 aromatic carbocycles. The summed E-state index contributed by atoms with van der Waals surface area (Å²) in [6, 6.07) is 5.32. The molecule has 0 spiro atoms. The highest BCUT2D eigenvalue weighted by molar-refractivity contribution is 7.89. The quantitative estimate of drug-likeness (QED) is 0.518. The van der Waals surface area contributed by atoms with Crippen LogP contribution in [0.25, 0.3) is 10.9 Å². The van der Waals surface area contributed by atoms with E-state index in [1.54, 1.807) is 35.6 Å². The van der Waals surface area contributed by atoms with Crippen LogP contribution in [0, 0.1) is 12.7 Å². The molecule has 0 amide bonds. The summed E-state index contributed by atoms with van der Waals surface area (Å²) in [4.78, 5) is 8.76. The van der Waals surface area contributed by atoms with Crippen LogP contribution in [0.2, 0.25) is 0 Å². The Bertz CT molecular complexity index is 1250. The molecule has 2 fully saturated rings. The van der Waals surface area contributed by atoms with Gasteiger partial charge in [-0.2, -0.15) is 9.40 Å². The van der Waals surface area contributed by atoms with E-state index in [4.69, 9.17) is 0 Å². The normalized spacial score (nSPS) is 23.5. The predicted octanol–water partition coefficient (Wildman–Crippen LogP) is 3.30. The molecule has 2 saturated heterocycles. The lowest BCUT2D eigenvalue weighted by atomic mass is 9.99. The fraction of sp³-hybridized carbons (Fsp3) is 0.476. The molecule has 3 atom stereocenters. The Morgan fingerprint density at radius 3 is 2.66 bits per heavy atom. The van der Waals surface area contributed by atoms with E-state index in [1.807, 2.05) is 6.92 Å². The lowest BCUT2D eigenvalue weighted by Gasteiger charge is -2.38. The number of aryl methyl sites for hydroxylation is 1. The van der Waals surface area contributed by atoms with E-state index in [9.17, 15) is 8.42 Å². The Kier molecular flexibility index (Phi) is 5.25. The van der Waals surface area contributed by atoms with Gasteiger partial charge in [-0.1, -0.05) is 0 Å². The topological polar surface area (TPSA) is 116 Å². The van der Waals surface area contributed by atoms with Gasteiger partial charge in [-0.15, -0.1) is 0 Å². The molecule has 0 radical (unpaired) electrons. The van der Waals surface area contributed by atoms with E-state index >= 15 is 4.39 Å². The lowest BCUT2D eigenvalue weighted by molar-refractivity contribution is 0.235. The minimum Gasteiger partial charge on any atom is -0.367 e. The van der Waals surface area contributed by atoms with Gasteiger partial charge in [0, 0.05) is 41.5 Å². The molecule has 5 rings (SSSR count). The van der Waals surface area contributed by atoms with Gasteiger partial charge in [-0.25, -0.2) is 17.8 Å². The van der Waals surface area contributed by atoms with Gasteiger partial charge in [0.05, 0.1) is 5.75 Å². The van der Waals surface area contributed by atoms with E-state index < -0.39 is 15.8 Å². The molecule has 0 aliphatic carbocycles. The third-order valence-electron chi connectivity index (χ3n) is 6.35. The van der Waals surface area contributed by atoms with E-state index in [-0.39, 0.29) is 35.2 Å². The largest absolute Gasteiger partial charge is 0.367 e. The van der Waals surface area contributed by atoms with Crippen LogP contribution in [0.3, 0.4) is 0 Å². The number of piperidine rings is 1. The summed E-state index contributed by atoms with van der Waals surface area (Å²) < 4.78 is 41.9. The number of aromatic amines is 1. The molecular formula is C21H26FN7O2S. The summed E-state index contributed by atoms with van der Waals surface area (Å²) in [7, 11) is -3.22. The van der Waals surface area contributed by atoms with Crippen molar-refractivity contribution in [2.45, 2.75) is 57.7 Å². The fourth-order valence-electron chi connectivity index (χ4n) is 4.95. The van der Waals surface area contributed by atoms with Crippen LogP contribution in [-0.4, -0.2) is 56.8 Å². The van der Waals surface area contributed by atoms with Crippen molar-refractivity contribution in [3.8, 4) is 0 Å². The number of halogens is 1. The van der Waals surface area contributed by atoms with Crippen molar-refractivity contribution in [2.75, 3.05) is 16.4 Å². The average Bonchev–Trinajstić information content (AvgIpc) is 3.32. The van der Waals surface area contributed by atoms with Crippen LogP contribution >= 0.6 is 0 Å². The summed E-state index contributed by atoms with van der Waals surface area (Å²) in [5.74, 6) is 0.608. The average molecular weight is 460 g/mol. The molecular weight excluding hydrogens is 433 g/mol. The molecule has 2 bridgehead atoms. The van der Waals surface area contributed by atoms with Crippen molar-refractivity contribution in [2.24, 2.45) is 0 Å². The van der Waals surface area contributed by atoms with Crippen molar-refractivity contribution in [3.05, 3.63) is 35.9 Å². The second kappa shape index (κ2) is 7.96. The number of nitrogens with zero attached hydrogens (tertiary/aromatic N) is 4. The Morgan fingerprint density at radius 2 is 2.00 bits per heavy atom. The van der Waals surface area contributed by atoms with Gasteiger partial charge in [0.25, 0.3) is 0 Å². The van der Waals surface area contributed by atoms with E-state index in [1.165, 1.54) is 0 Å². The van der Waals surface area contributed by atoms with Crippen molar-refractivity contribution < 1.29 is 12.8 Å². The summed E-state index contributed by atoms with van der Waals surface area (Å²) >= 11 is 0. The number of fused-ring (bicyclic) bond motifs is 3. The van der Waals surface area contributed by atoms with Crippen LogP contribution in [-0.2, 0) is 10.0 Å². The number of rotatable bonds is 6. The first-order valence-electron chi connectivity index (χ1n) is 10.9. The zero-order valence-electron chi connectivity index (χ0n) is 18.0. The minimum absolute atomic E-state index is 0.00864. The maximum absolute atomic E-state index is 15.1. The Balaban J connectivity index is 1.45. The van der Waals surface area contributed by atoms with E-state index in [0.717, 1.165) is 18.5 Å². The van der Waals surface area contributed by atoms with Gasteiger partial charge in [0.2, 0.25) is 10.0 Å². The molecule has 0 saturated carbocycles. The second-order valence-electron chi connectivity index (χ2n) is 8.51. The van der Waals surface area contributed by atoms with Gasteiger partial charge < -0.3 is 10.6 Å². The Morgan fingerprint density at radius 1 is 1.25 bits per heavy atom.